The smallest absolute Gasteiger partial charge is 0.123 e. The van der Waals surface area contributed by atoms with Crippen molar-refractivity contribution in [1.82, 2.24) is 0 Å². The second-order valence-corrected chi connectivity index (χ2v) is 4.08. The number of unbranched alkanes of at least 4 members (excludes halogenated alkanes) is 3. The molecule has 0 aliphatic carbocycles. The van der Waals surface area contributed by atoms with Crippen LogP contribution >= 0.6 is 0 Å². The van der Waals surface area contributed by atoms with E-state index in [9.17, 15) is 0 Å². The Hall–Kier alpha value is -1.75. The summed E-state index contributed by atoms with van der Waals surface area (Å²) in [4.78, 5) is 0. The van der Waals surface area contributed by atoms with Gasteiger partial charge in [0.15, 0.2) is 0 Å². The maximum Gasteiger partial charge on any atom is 0.123 e. The molecule has 0 radical (unpaired) electrons. The maximum atomic E-state index is 8.81. The molecule has 0 heterocycles. The van der Waals surface area contributed by atoms with Crippen LogP contribution in [0.5, 0.6) is 5.75 Å². The lowest BCUT2D eigenvalue weighted by Gasteiger charge is -2.09. The van der Waals surface area contributed by atoms with Gasteiger partial charge < -0.3 is 4.74 Å². The summed E-state index contributed by atoms with van der Waals surface area (Å²) in [5.41, 5.74) is 1.73. The molecule has 0 atom stereocenters. The highest BCUT2D eigenvalue weighted by Crippen LogP contribution is 2.19. The molecule has 1 rings (SSSR count). The molecule has 0 fully saturated rings. The molecular formula is C15H19NO. The quantitative estimate of drug-likeness (QED) is 0.523. The van der Waals surface area contributed by atoms with Gasteiger partial charge in [0.1, 0.15) is 5.75 Å². The average Bonchev–Trinajstić information content (AvgIpc) is 2.35. The van der Waals surface area contributed by atoms with Gasteiger partial charge in [-0.3, -0.25) is 0 Å². The van der Waals surface area contributed by atoms with E-state index in [2.05, 4.69) is 12.6 Å². The molecule has 0 spiro atoms. The predicted molar refractivity (Wildman–Crippen MR) is 70.1 cm³/mol. The van der Waals surface area contributed by atoms with Gasteiger partial charge in [0.2, 0.25) is 0 Å². The number of hydrogen-bond acceptors (Lipinski definition) is 2. The average molecular weight is 229 g/mol. The minimum atomic E-state index is 0.650. The Balaban J connectivity index is 2.36. The summed E-state index contributed by atoms with van der Waals surface area (Å²) in [5, 5.41) is 8.81. The van der Waals surface area contributed by atoms with E-state index < -0.39 is 0 Å². The van der Waals surface area contributed by atoms with Crippen LogP contribution in [0.3, 0.4) is 0 Å². The third-order valence-electron chi connectivity index (χ3n) is 2.63. The fourth-order valence-corrected chi connectivity index (χ4v) is 1.57. The van der Waals surface area contributed by atoms with Crippen LogP contribution in [0.1, 0.15) is 36.8 Å². The Labute approximate surface area is 104 Å². The van der Waals surface area contributed by atoms with Gasteiger partial charge in [-0.25, -0.2) is 0 Å². The first-order valence-corrected chi connectivity index (χ1v) is 6.02. The Morgan fingerprint density at radius 3 is 2.88 bits per heavy atom. The summed E-state index contributed by atoms with van der Waals surface area (Å²) >= 11 is 0. The Morgan fingerprint density at radius 2 is 2.18 bits per heavy atom. The molecule has 0 saturated heterocycles. The van der Waals surface area contributed by atoms with Crippen LogP contribution in [0.4, 0.5) is 0 Å². The van der Waals surface area contributed by atoms with Crippen molar-refractivity contribution >= 4 is 0 Å². The Kier molecular flexibility index (Phi) is 5.88. The zero-order valence-corrected chi connectivity index (χ0v) is 10.4. The van der Waals surface area contributed by atoms with E-state index in [-0.39, 0.29) is 0 Å². The lowest BCUT2D eigenvalue weighted by atomic mass is 10.1. The van der Waals surface area contributed by atoms with Crippen LogP contribution in [-0.2, 0) is 0 Å². The van der Waals surface area contributed by atoms with Crippen molar-refractivity contribution in [3.8, 4) is 11.8 Å². The molecule has 0 N–H and O–H groups in total. The Morgan fingerprint density at radius 1 is 1.35 bits per heavy atom. The van der Waals surface area contributed by atoms with Gasteiger partial charge in [-0.15, -0.1) is 6.58 Å². The minimum Gasteiger partial charge on any atom is -0.493 e. The number of benzene rings is 1. The summed E-state index contributed by atoms with van der Waals surface area (Å²) < 4.78 is 5.68. The van der Waals surface area contributed by atoms with Gasteiger partial charge in [-0.05, 0) is 50.3 Å². The number of rotatable bonds is 7. The molecule has 0 aliphatic heterocycles. The van der Waals surface area contributed by atoms with Crippen molar-refractivity contribution in [3.05, 3.63) is 42.0 Å². The largest absolute Gasteiger partial charge is 0.493 e. The highest BCUT2D eigenvalue weighted by Gasteiger charge is 2.01. The first-order valence-electron chi connectivity index (χ1n) is 6.02. The third-order valence-corrected chi connectivity index (χ3v) is 2.63. The van der Waals surface area contributed by atoms with Gasteiger partial charge in [-0.1, -0.05) is 12.1 Å². The molecule has 0 bridgehead atoms. The van der Waals surface area contributed by atoms with Crippen molar-refractivity contribution in [3.63, 3.8) is 0 Å². The molecule has 0 saturated carbocycles. The number of allylic oxidation sites excluding steroid dienone is 1. The van der Waals surface area contributed by atoms with Crippen LogP contribution in [0.2, 0.25) is 0 Å². The van der Waals surface area contributed by atoms with Gasteiger partial charge >= 0.3 is 0 Å². The molecule has 1 aromatic carbocycles. The molecule has 0 amide bonds. The summed E-state index contributed by atoms with van der Waals surface area (Å²) in [6.07, 6.45) is 6.39. The molecule has 0 unspecified atom stereocenters. The number of hydrogen-bond donors (Lipinski definition) is 0. The van der Waals surface area contributed by atoms with E-state index in [1.54, 1.807) is 6.07 Å². The Bertz CT molecular complexity index is 404. The number of aryl methyl sites for hydroxylation is 1. The van der Waals surface area contributed by atoms with Crippen LogP contribution in [0, 0.1) is 18.3 Å². The molecule has 90 valence electrons. The monoisotopic (exact) mass is 229 g/mol. The fourth-order valence-electron chi connectivity index (χ4n) is 1.57. The van der Waals surface area contributed by atoms with E-state index in [4.69, 9.17) is 10.00 Å². The van der Waals surface area contributed by atoms with Crippen molar-refractivity contribution in [2.24, 2.45) is 0 Å². The zero-order valence-electron chi connectivity index (χ0n) is 10.4. The lowest BCUT2D eigenvalue weighted by Crippen LogP contribution is -1.99. The lowest BCUT2D eigenvalue weighted by molar-refractivity contribution is 0.303. The molecule has 1 aromatic rings. The van der Waals surface area contributed by atoms with E-state index in [1.807, 2.05) is 25.1 Å². The van der Waals surface area contributed by atoms with Crippen molar-refractivity contribution < 1.29 is 4.74 Å². The third kappa shape index (κ3) is 4.74. The summed E-state index contributed by atoms with van der Waals surface area (Å²) in [7, 11) is 0. The first-order chi connectivity index (χ1) is 8.27. The molecular weight excluding hydrogens is 210 g/mol. The van der Waals surface area contributed by atoms with E-state index in [1.165, 1.54) is 6.42 Å². The predicted octanol–water partition coefficient (Wildman–Crippen LogP) is 3.99. The normalized spacial score (nSPS) is 9.65. The van der Waals surface area contributed by atoms with Crippen LogP contribution < -0.4 is 4.74 Å². The van der Waals surface area contributed by atoms with Gasteiger partial charge in [0, 0.05) is 0 Å². The summed E-state index contributed by atoms with van der Waals surface area (Å²) in [5.74, 6) is 0.827. The molecule has 2 nitrogen and oxygen atoms in total. The van der Waals surface area contributed by atoms with Gasteiger partial charge in [-0.2, -0.15) is 5.26 Å². The summed E-state index contributed by atoms with van der Waals surface area (Å²) in [6, 6.07) is 7.66. The SMILES string of the molecule is C=CCCCCCOc1cc(C#N)ccc1C. The van der Waals surface area contributed by atoms with E-state index >= 15 is 0 Å². The number of nitrogens with zero attached hydrogens (tertiary/aromatic N) is 1. The van der Waals surface area contributed by atoms with Gasteiger partial charge in [0.25, 0.3) is 0 Å². The maximum absolute atomic E-state index is 8.81. The number of ether oxygens (including phenoxy) is 1. The molecule has 2 heteroatoms. The van der Waals surface area contributed by atoms with Crippen LogP contribution in [0.25, 0.3) is 0 Å². The number of nitriles is 1. The summed E-state index contributed by atoms with van der Waals surface area (Å²) in [6.45, 7) is 6.40. The highest BCUT2D eigenvalue weighted by molar-refractivity contribution is 5.41. The second-order valence-electron chi connectivity index (χ2n) is 4.08. The fraction of sp³-hybridized carbons (Fsp3) is 0.400. The van der Waals surface area contributed by atoms with E-state index in [0.717, 1.165) is 30.6 Å². The first kappa shape index (κ1) is 13.3. The van der Waals surface area contributed by atoms with Crippen LogP contribution in [0.15, 0.2) is 30.9 Å². The van der Waals surface area contributed by atoms with E-state index in [0.29, 0.717) is 12.2 Å². The minimum absolute atomic E-state index is 0.650. The molecule has 17 heavy (non-hydrogen) atoms. The molecule has 0 aliphatic rings. The standard InChI is InChI=1S/C15H19NO/c1-3-4-5-6-7-10-17-15-11-14(12-16)9-8-13(15)2/h3,8-9,11H,1,4-7,10H2,2H3. The molecule has 0 aromatic heterocycles. The van der Waals surface area contributed by atoms with Crippen molar-refractivity contribution in [2.75, 3.05) is 6.61 Å². The zero-order chi connectivity index (χ0) is 12.5. The van der Waals surface area contributed by atoms with Gasteiger partial charge in [0.05, 0.1) is 18.2 Å². The second kappa shape index (κ2) is 7.51. The topological polar surface area (TPSA) is 33.0 Å². The van der Waals surface area contributed by atoms with Crippen molar-refractivity contribution in [2.45, 2.75) is 32.6 Å². The highest BCUT2D eigenvalue weighted by atomic mass is 16.5. The van der Waals surface area contributed by atoms with Crippen LogP contribution in [-0.4, -0.2) is 6.61 Å². The van der Waals surface area contributed by atoms with Crippen molar-refractivity contribution in [1.29, 1.82) is 5.26 Å².